The van der Waals surface area contributed by atoms with Crippen molar-refractivity contribution in [1.82, 2.24) is 14.8 Å². The fourth-order valence-electron chi connectivity index (χ4n) is 3.02. The summed E-state index contributed by atoms with van der Waals surface area (Å²) in [6, 6.07) is 23.7. The molecule has 4 rings (SSSR count). The molecule has 1 amide bonds. The number of benzene rings is 2. The Morgan fingerprint density at radius 1 is 0.966 bits per heavy atom. The Morgan fingerprint density at radius 3 is 2.45 bits per heavy atom. The maximum Gasteiger partial charge on any atom is 0.248 e. The lowest BCUT2D eigenvalue weighted by atomic mass is 10.1. The summed E-state index contributed by atoms with van der Waals surface area (Å²) >= 11 is 0. The fraction of sp³-hybridized carbons (Fsp3) is 0.0417. The van der Waals surface area contributed by atoms with Gasteiger partial charge < -0.3 is 5.32 Å². The molecule has 5 nitrogen and oxygen atoms in total. The second-order valence-electron chi connectivity index (χ2n) is 6.55. The number of pyridine rings is 1. The van der Waals surface area contributed by atoms with Gasteiger partial charge in [0.15, 0.2) is 0 Å². The van der Waals surface area contributed by atoms with E-state index in [9.17, 15) is 4.79 Å². The zero-order valence-corrected chi connectivity index (χ0v) is 15.8. The Kier molecular flexibility index (Phi) is 5.58. The maximum absolute atomic E-state index is 12.3. The van der Waals surface area contributed by atoms with Crippen LogP contribution in [0.5, 0.6) is 0 Å². The zero-order chi connectivity index (χ0) is 19.9. The molecular weight excluding hydrogens is 360 g/mol. The van der Waals surface area contributed by atoms with Crippen LogP contribution in [-0.2, 0) is 11.3 Å². The van der Waals surface area contributed by atoms with Crippen LogP contribution in [0.1, 0.15) is 11.1 Å². The van der Waals surface area contributed by atoms with Crippen LogP contribution in [0.15, 0.2) is 97.5 Å². The summed E-state index contributed by atoms with van der Waals surface area (Å²) in [5.74, 6) is -0.215. The molecule has 0 atom stereocenters. The molecule has 0 bridgehead atoms. The van der Waals surface area contributed by atoms with E-state index >= 15 is 0 Å². The Bertz CT molecular complexity index is 1100. The first-order valence-electron chi connectivity index (χ1n) is 9.34. The van der Waals surface area contributed by atoms with E-state index in [1.54, 1.807) is 30.6 Å². The second-order valence-corrected chi connectivity index (χ2v) is 6.55. The first kappa shape index (κ1) is 18.4. The first-order valence-corrected chi connectivity index (χ1v) is 9.34. The van der Waals surface area contributed by atoms with E-state index in [2.05, 4.69) is 22.4 Å². The highest BCUT2D eigenvalue weighted by Gasteiger charge is 2.10. The number of rotatable bonds is 6. The molecule has 0 saturated carbocycles. The van der Waals surface area contributed by atoms with Crippen molar-refractivity contribution in [3.8, 4) is 11.3 Å². The first-order chi connectivity index (χ1) is 14.3. The largest absolute Gasteiger partial charge is 0.321 e. The molecule has 5 heteroatoms. The molecule has 4 aromatic rings. The molecule has 0 saturated heterocycles. The lowest BCUT2D eigenvalue weighted by Gasteiger charge is -2.01. The molecule has 0 fully saturated rings. The van der Waals surface area contributed by atoms with Gasteiger partial charge in [0.2, 0.25) is 5.91 Å². The van der Waals surface area contributed by atoms with Gasteiger partial charge in [0, 0.05) is 29.6 Å². The Balaban J connectivity index is 1.59. The Morgan fingerprint density at radius 2 is 1.72 bits per heavy atom. The number of nitrogens with zero attached hydrogens (tertiary/aromatic N) is 3. The van der Waals surface area contributed by atoms with Gasteiger partial charge in [0.25, 0.3) is 0 Å². The van der Waals surface area contributed by atoms with Gasteiger partial charge in [-0.05, 0) is 23.8 Å². The van der Waals surface area contributed by atoms with Crippen molar-refractivity contribution in [3.05, 3.63) is 109 Å². The van der Waals surface area contributed by atoms with Crippen molar-refractivity contribution >= 4 is 17.7 Å². The van der Waals surface area contributed by atoms with Crippen molar-refractivity contribution in [1.29, 1.82) is 0 Å². The Labute approximate surface area is 169 Å². The summed E-state index contributed by atoms with van der Waals surface area (Å²) in [6.45, 7) is 0.663. The summed E-state index contributed by atoms with van der Waals surface area (Å²) in [7, 11) is 0. The summed E-state index contributed by atoms with van der Waals surface area (Å²) in [5.41, 5.74) is 4.55. The molecule has 0 aliphatic heterocycles. The number of carbonyl (C=O) groups is 1. The van der Waals surface area contributed by atoms with Crippen molar-refractivity contribution in [2.45, 2.75) is 6.54 Å². The third-order valence-corrected chi connectivity index (χ3v) is 4.37. The summed E-state index contributed by atoms with van der Waals surface area (Å²) in [6.07, 6.45) is 8.55. The third kappa shape index (κ3) is 4.84. The quantitative estimate of drug-likeness (QED) is 0.496. The van der Waals surface area contributed by atoms with Gasteiger partial charge in [-0.15, -0.1) is 0 Å². The van der Waals surface area contributed by atoms with Crippen molar-refractivity contribution in [3.63, 3.8) is 0 Å². The highest BCUT2D eigenvalue weighted by Crippen LogP contribution is 2.23. The number of aromatic nitrogens is 3. The second kappa shape index (κ2) is 8.80. The summed E-state index contributed by atoms with van der Waals surface area (Å²) in [4.78, 5) is 16.3. The van der Waals surface area contributed by atoms with Gasteiger partial charge in [-0.1, -0.05) is 60.7 Å². The zero-order valence-electron chi connectivity index (χ0n) is 15.8. The highest BCUT2D eigenvalue weighted by atomic mass is 16.1. The molecule has 142 valence electrons. The minimum absolute atomic E-state index is 0.215. The number of amides is 1. The number of hydrogen-bond acceptors (Lipinski definition) is 3. The molecule has 2 aromatic carbocycles. The molecule has 2 heterocycles. The van der Waals surface area contributed by atoms with E-state index in [4.69, 9.17) is 5.10 Å². The molecule has 0 aliphatic rings. The van der Waals surface area contributed by atoms with Crippen molar-refractivity contribution in [2.75, 3.05) is 5.32 Å². The fourth-order valence-corrected chi connectivity index (χ4v) is 3.02. The van der Waals surface area contributed by atoms with Crippen molar-refractivity contribution in [2.24, 2.45) is 0 Å². The normalized spacial score (nSPS) is 10.9. The van der Waals surface area contributed by atoms with Crippen LogP contribution in [-0.4, -0.2) is 20.7 Å². The molecule has 1 N–H and O–H groups in total. The van der Waals surface area contributed by atoms with Crippen LogP contribution in [0.4, 0.5) is 5.69 Å². The van der Waals surface area contributed by atoms with Gasteiger partial charge >= 0.3 is 0 Å². The maximum atomic E-state index is 12.3. The summed E-state index contributed by atoms with van der Waals surface area (Å²) in [5, 5.41) is 7.56. The lowest BCUT2D eigenvalue weighted by molar-refractivity contribution is -0.111. The average Bonchev–Trinajstić information content (AvgIpc) is 3.17. The topological polar surface area (TPSA) is 59.8 Å². The van der Waals surface area contributed by atoms with Gasteiger partial charge in [0.1, 0.15) is 0 Å². The lowest BCUT2D eigenvalue weighted by Crippen LogP contribution is -2.07. The molecule has 0 radical (unpaired) electrons. The minimum atomic E-state index is -0.215. The summed E-state index contributed by atoms with van der Waals surface area (Å²) < 4.78 is 1.90. The molecule has 0 unspecified atom stereocenters. The highest BCUT2D eigenvalue weighted by molar-refractivity contribution is 6.02. The number of anilines is 1. The average molecular weight is 380 g/mol. The SMILES string of the molecule is O=C(/C=C/c1cn(Cc2ccccc2)nc1-c1ccccc1)Nc1cccnc1. The number of carbonyl (C=O) groups excluding carboxylic acids is 1. The van der Waals surface area contributed by atoms with Crippen molar-refractivity contribution < 1.29 is 4.79 Å². The number of nitrogens with one attached hydrogen (secondary N) is 1. The van der Waals surface area contributed by atoms with Crippen LogP contribution in [0.3, 0.4) is 0 Å². The van der Waals surface area contributed by atoms with E-state index in [-0.39, 0.29) is 5.91 Å². The third-order valence-electron chi connectivity index (χ3n) is 4.37. The van der Waals surface area contributed by atoms with Crippen LogP contribution in [0.2, 0.25) is 0 Å². The molecule has 0 aliphatic carbocycles. The van der Waals surface area contributed by atoms with E-state index in [1.165, 1.54) is 11.6 Å². The van der Waals surface area contributed by atoms with Crippen LogP contribution < -0.4 is 5.32 Å². The predicted octanol–water partition coefficient (Wildman–Crippen LogP) is 4.65. The molecule has 0 spiro atoms. The molecule has 29 heavy (non-hydrogen) atoms. The van der Waals surface area contributed by atoms with Gasteiger partial charge in [-0.3, -0.25) is 14.5 Å². The van der Waals surface area contributed by atoms with E-state index in [1.807, 2.05) is 59.4 Å². The predicted molar refractivity (Wildman–Crippen MR) is 115 cm³/mol. The van der Waals surface area contributed by atoms with E-state index in [0.717, 1.165) is 16.8 Å². The van der Waals surface area contributed by atoms with Crippen LogP contribution >= 0.6 is 0 Å². The van der Waals surface area contributed by atoms with Gasteiger partial charge in [0.05, 0.1) is 24.1 Å². The van der Waals surface area contributed by atoms with E-state index < -0.39 is 0 Å². The smallest absolute Gasteiger partial charge is 0.248 e. The van der Waals surface area contributed by atoms with Gasteiger partial charge in [-0.25, -0.2) is 0 Å². The van der Waals surface area contributed by atoms with Gasteiger partial charge in [-0.2, -0.15) is 5.10 Å². The Hall–Kier alpha value is -3.99. The molecular formula is C24H20N4O. The van der Waals surface area contributed by atoms with E-state index in [0.29, 0.717) is 12.2 Å². The van der Waals surface area contributed by atoms with Crippen LogP contribution in [0.25, 0.3) is 17.3 Å². The monoisotopic (exact) mass is 380 g/mol. The number of hydrogen-bond donors (Lipinski definition) is 1. The standard InChI is InChI=1S/C24H20N4O/c29-23(26-22-12-7-15-25-16-22)14-13-21-18-28(17-19-8-3-1-4-9-19)27-24(21)20-10-5-2-6-11-20/h1-16,18H,17H2,(H,26,29)/b14-13+. The minimum Gasteiger partial charge on any atom is -0.321 e. The molecule has 2 aromatic heterocycles. The van der Waals surface area contributed by atoms with Crippen LogP contribution in [0, 0.1) is 0 Å².